The van der Waals surface area contributed by atoms with Crippen LogP contribution in [0, 0.1) is 0 Å². The number of piperazine rings is 1. The minimum atomic E-state index is -0.173. The molecular formula is C34H42N6O3. The van der Waals surface area contributed by atoms with E-state index in [2.05, 4.69) is 81.5 Å². The van der Waals surface area contributed by atoms with Gasteiger partial charge >= 0.3 is 5.97 Å². The number of hydrogen-bond donors (Lipinski definition) is 1. The van der Waals surface area contributed by atoms with Gasteiger partial charge in [-0.3, -0.25) is 9.69 Å². The van der Waals surface area contributed by atoms with Crippen molar-refractivity contribution < 1.29 is 14.6 Å². The first kappa shape index (κ1) is 30.2. The molecule has 0 aliphatic carbocycles. The number of carbonyl (C=O) groups is 1. The van der Waals surface area contributed by atoms with Crippen molar-refractivity contribution in [1.82, 2.24) is 25.1 Å². The van der Waals surface area contributed by atoms with Crippen molar-refractivity contribution in [2.24, 2.45) is 0 Å². The molecule has 3 aromatic carbocycles. The summed E-state index contributed by atoms with van der Waals surface area (Å²) in [6.07, 6.45) is 2.50. The minimum Gasteiger partial charge on any atom is -0.508 e. The average molecular weight is 583 g/mol. The predicted molar refractivity (Wildman–Crippen MR) is 168 cm³/mol. The number of ether oxygens (including phenoxy) is 1. The molecule has 43 heavy (non-hydrogen) atoms. The van der Waals surface area contributed by atoms with Crippen LogP contribution in [0.15, 0.2) is 72.8 Å². The Balaban J connectivity index is 1.26. The number of carbonyl (C=O) groups excluding carboxylic acids is 1. The Morgan fingerprint density at radius 1 is 0.953 bits per heavy atom. The third-order valence-corrected chi connectivity index (χ3v) is 8.04. The van der Waals surface area contributed by atoms with E-state index in [-0.39, 0.29) is 11.7 Å². The number of tetrazole rings is 1. The normalized spacial score (nSPS) is 17.2. The maximum atomic E-state index is 11.6. The molecule has 1 N–H and O–H groups in total. The Kier molecular flexibility index (Phi) is 10.0. The number of aryl methyl sites for hydroxylation is 1. The molecule has 0 spiro atoms. The first-order chi connectivity index (χ1) is 20.9. The molecule has 1 fully saturated rings. The fourth-order valence-electron chi connectivity index (χ4n) is 5.83. The highest BCUT2D eigenvalue weighted by Gasteiger charge is 2.29. The van der Waals surface area contributed by atoms with Crippen molar-refractivity contribution in [1.29, 1.82) is 0 Å². The number of phenolic OH excluding ortho intramolecular Hbond substituents is 1. The van der Waals surface area contributed by atoms with E-state index in [9.17, 15) is 9.90 Å². The van der Waals surface area contributed by atoms with Crippen LogP contribution >= 0.6 is 0 Å². The Bertz CT molecular complexity index is 1490. The number of benzene rings is 3. The summed E-state index contributed by atoms with van der Waals surface area (Å²) in [6, 6.07) is 25.3. The molecule has 9 heteroatoms. The van der Waals surface area contributed by atoms with Crippen molar-refractivity contribution in [2.75, 3.05) is 24.6 Å². The topological polar surface area (TPSA) is 96.6 Å². The number of nitrogens with zero attached hydrogens (tertiary/aromatic N) is 6. The lowest BCUT2D eigenvalue weighted by Gasteiger charge is -2.45. The average Bonchev–Trinajstić information content (AvgIpc) is 3.46. The summed E-state index contributed by atoms with van der Waals surface area (Å²) in [5.41, 5.74) is 5.38. The van der Waals surface area contributed by atoms with Gasteiger partial charge in [0.25, 0.3) is 0 Å². The summed E-state index contributed by atoms with van der Waals surface area (Å²) in [4.78, 5) is 18.1. The lowest BCUT2D eigenvalue weighted by Crippen LogP contribution is -2.56. The van der Waals surface area contributed by atoms with Gasteiger partial charge in [-0.25, -0.2) is 0 Å². The summed E-state index contributed by atoms with van der Waals surface area (Å²) in [5.74, 6) is 0.662. The number of aromatic hydroxyl groups is 1. The largest absolute Gasteiger partial charge is 0.508 e. The molecule has 0 unspecified atom stereocenters. The minimum absolute atomic E-state index is 0.173. The number of esters is 1. The van der Waals surface area contributed by atoms with Gasteiger partial charge in [-0.15, -0.1) is 10.2 Å². The molecule has 0 saturated carbocycles. The van der Waals surface area contributed by atoms with Gasteiger partial charge in [0, 0.05) is 55.5 Å². The van der Waals surface area contributed by atoms with E-state index in [1.54, 1.807) is 4.80 Å². The standard InChI is InChI=1S/C34H42N6O3/c1-4-43-33(42)16-10-11-17-40-36-34(35-37-40)32-15-9-8-14-29(32)18-28-19-30(21-31(41)20-28)39-23-25(2)38(22-26(39)3)24-27-12-6-5-7-13-27/h5-9,12-15,19-21,25-26,41H,4,10-11,16-18,22-24H2,1-3H3/t25-,26+/m1/s1. The molecule has 226 valence electrons. The van der Waals surface area contributed by atoms with E-state index >= 15 is 0 Å². The highest BCUT2D eigenvalue weighted by atomic mass is 16.5. The third kappa shape index (κ3) is 7.99. The van der Waals surface area contributed by atoms with Crippen LogP contribution in [0.25, 0.3) is 11.4 Å². The Hall–Kier alpha value is -4.24. The lowest BCUT2D eigenvalue weighted by atomic mass is 9.98. The molecule has 4 aromatic rings. The molecular weight excluding hydrogens is 540 g/mol. The molecule has 1 aliphatic rings. The molecule has 2 heterocycles. The molecule has 1 saturated heterocycles. The third-order valence-electron chi connectivity index (χ3n) is 8.04. The number of anilines is 1. The van der Waals surface area contributed by atoms with Gasteiger partial charge in [-0.2, -0.15) is 4.80 Å². The molecule has 0 bridgehead atoms. The predicted octanol–water partition coefficient (Wildman–Crippen LogP) is 5.47. The van der Waals surface area contributed by atoms with Crippen LogP contribution in [0.5, 0.6) is 5.75 Å². The second kappa shape index (κ2) is 14.3. The second-order valence-electron chi connectivity index (χ2n) is 11.4. The van der Waals surface area contributed by atoms with Crippen molar-refractivity contribution >= 4 is 11.7 Å². The zero-order chi connectivity index (χ0) is 30.2. The first-order valence-electron chi connectivity index (χ1n) is 15.3. The van der Waals surface area contributed by atoms with Crippen LogP contribution in [0.2, 0.25) is 0 Å². The van der Waals surface area contributed by atoms with Gasteiger partial charge in [-0.1, -0.05) is 54.6 Å². The molecule has 0 amide bonds. The highest BCUT2D eigenvalue weighted by Crippen LogP contribution is 2.31. The summed E-state index contributed by atoms with van der Waals surface area (Å²) >= 11 is 0. The summed E-state index contributed by atoms with van der Waals surface area (Å²) in [6.45, 7) is 10.1. The van der Waals surface area contributed by atoms with Crippen LogP contribution in [0.1, 0.15) is 56.7 Å². The maximum absolute atomic E-state index is 11.6. The zero-order valence-corrected chi connectivity index (χ0v) is 25.4. The van der Waals surface area contributed by atoms with Gasteiger partial charge in [0.2, 0.25) is 5.82 Å². The maximum Gasteiger partial charge on any atom is 0.305 e. The van der Waals surface area contributed by atoms with Crippen molar-refractivity contribution in [3.63, 3.8) is 0 Å². The van der Waals surface area contributed by atoms with Gasteiger partial charge < -0.3 is 14.7 Å². The van der Waals surface area contributed by atoms with Gasteiger partial charge in [0.1, 0.15) is 5.75 Å². The van der Waals surface area contributed by atoms with Crippen LogP contribution in [0.4, 0.5) is 5.69 Å². The number of hydrogen-bond acceptors (Lipinski definition) is 8. The Morgan fingerprint density at radius 3 is 2.56 bits per heavy atom. The van der Waals surface area contributed by atoms with E-state index in [4.69, 9.17) is 4.74 Å². The zero-order valence-electron chi connectivity index (χ0n) is 25.4. The monoisotopic (exact) mass is 582 g/mol. The number of phenols is 1. The number of aromatic nitrogens is 4. The van der Waals surface area contributed by atoms with Crippen molar-refractivity contribution in [2.45, 2.75) is 71.6 Å². The van der Waals surface area contributed by atoms with E-state index in [0.29, 0.717) is 50.3 Å². The fraction of sp³-hybridized carbons (Fsp3) is 0.412. The molecule has 0 radical (unpaired) electrons. The summed E-state index contributed by atoms with van der Waals surface area (Å²) in [7, 11) is 0. The molecule has 1 aromatic heterocycles. The van der Waals surface area contributed by atoms with Gasteiger partial charge in [-0.05, 0) is 74.1 Å². The van der Waals surface area contributed by atoms with Crippen LogP contribution < -0.4 is 4.90 Å². The Labute approximate surface area is 254 Å². The van der Waals surface area contributed by atoms with Crippen molar-refractivity contribution in [3.8, 4) is 17.1 Å². The SMILES string of the molecule is CCOC(=O)CCCCn1nnc(-c2ccccc2Cc2cc(O)cc(N3C[C@@H](C)N(Cc4ccccc4)C[C@@H]3C)c2)n1. The van der Waals surface area contributed by atoms with E-state index in [1.807, 2.05) is 37.3 Å². The quantitative estimate of drug-likeness (QED) is 0.174. The van der Waals surface area contributed by atoms with Crippen LogP contribution in [-0.4, -0.2) is 68.0 Å². The summed E-state index contributed by atoms with van der Waals surface area (Å²) in [5, 5.41) is 23.9. The highest BCUT2D eigenvalue weighted by molar-refractivity contribution is 5.69. The van der Waals surface area contributed by atoms with E-state index < -0.39 is 0 Å². The van der Waals surface area contributed by atoms with Gasteiger partial charge in [0.15, 0.2) is 0 Å². The smallest absolute Gasteiger partial charge is 0.305 e. The van der Waals surface area contributed by atoms with E-state index in [0.717, 1.165) is 48.4 Å². The molecule has 9 nitrogen and oxygen atoms in total. The second-order valence-corrected chi connectivity index (χ2v) is 11.4. The van der Waals surface area contributed by atoms with Crippen LogP contribution in [-0.2, 0) is 29.0 Å². The Morgan fingerprint density at radius 2 is 1.74 bits per heavy atom. The van der Waals surface area contributed by atoms with Crippen molar-refractivity contribution in [3.05, 3.63) is 89.5 Å². The van der Waals surface area contributed by atoms with Crippen LogP contribution in [0.3, 0.4) is 0 Å². The fourth-order valence-corrected chi connectivity index (χ4v) is 5.83. The first-order valence-corrected chi connectivity index (χ1v) is 15.3. The van der Waals surface area contributed by atoms with Gasteiger partial charge in [0.05, 0.1) is 13.2 Å². The molecule has 2 atom stereocenters. The number of unbranched alkanes of at least 4 members (excludes halogenated alkanes) is 1. The summed E-state index contributed by atoms with van der Waals surface area (Å²) < 4.78 is 4.99. The van der Waals surface area contributed by atoms with E-state index in [1.165, 1.54) is 5.56 Å². The number of rotatable bonds is 12. The lowest BCUT2D eigenvalue weighted by molar-refractivity contribution is -0.143. The molecule has 5 rings (SSSR count). The molecule has 1 aliphatic heterocycles.